The Kier molecular flexibility index (Phi) is 14.6. The van der Waals surface area contributed by atoms with Crippen molar-refractivity contribution in [1.82, 2.24) is 4.90 Å². The van der Waals surface area contributed by atoms with Gasteiger partial charge in [-0.2, -0.15) is 0 Å². The van der Waals surface area contributed by atoms with Crippen molar-refractivity contribution in [2.45, 2.75) is 90.6 Å². The van der Waals surface area contributed by atoms with Crippen molar-refractivity contribution in [2.75, 3.05) is 33.6 Å². The third kappa shape index (κ3) is 11.3. The van der Waals surface area contributed by atoms with Crippen LogP contribution in [0.15, 0.2) is 36.4 Å². The van der Waals surface area contributed by atoms with E-state index in [2.05, 4.69) is 32.0 Å². The van der Waals surface area contributed by atoms with E-state index in [9.17, 15) is 24.6 Å². The molecule has 11 nitrogen and oxygen atoms in total. The second kappa shape index (κ2) is 18.3. The summed E-state index contributed by atoms with van der Waals surface area (Å²) in [5, 5.41) is 19.4. The van der Waals surface area contributed by atoms with E-state index in [1.165, 1.54) is 21.6 Å². The van der Waals surface area contributed by atoms with Crippen molar-refractivity contribution in [2.24, 2.45) is 0 Å². The van der Waals surface area contributed by atoms with Crippen LogP contribution in [0.4, 0.5) is 0 Å². The minimum atomic E-state index is -1.87. The molecule has 0 spiro atoms. The summed E-state index contributed by atoms with van der Waals surface area (Å²) in [4.78, 5) is 38.8. The largest absolute Gasteiger partial charge is 0.479 e. The van der Waals surface area contributed by atoms with Crippen molar-refractivity contribution in [3.05, 3.63) is 58.7 Å². The number of fused-ring (bicyclic) bond motifs is 1. The van der Waals surface area contributed by atoms with Gasteiger partial charge < -0.3 is 38.8 Å². The van der Waals surface area contributed by atoms with Gasteiger partial charge in [-0.25, -0.2) is 9.59 Å². The van der Waals surface area contributed by atoms with Crippen LogP contribution in [0.25, 0.3) is 0 Å². The molecule has 0 bridgehead atoms. The maximum absolute atomic E-state index is 13.5. The number of aliphatic carboxylic acids is 2. The van der Waals surface area contributed by atoms with Gasteiger partial charge in [0.05, 0.1) is 0 Å². The third-order valence-electron chi connectivity index (χ3n) is 7.80. The average molecular weight is 630 g/mol. The highest BCUT2D eigenvalue weighted by atomic mass is 16.7. The lowest BCUT2D eigenvalue weighted by Gasteiger charge is -2.29. The van der Waals surface area contributed by atoms with Crippen molar-refractivity contribution < 1.29 is 48.3 Å². The van der Waals surface area contributed by atoms with E-state index < -0.39 is 36.3 Å². The van der Waals surface area contributed by atoms with Crippen LogP contribution in [0.3, 0.4) is 0 Å². The quantitative estimate of drug-likeness (QED) is 0.144. The molecule has 2 N–H and O–H groups in total. The number of carbonyl (C=O) groups excluding carboxylic acids is 1. The van der Waals surface area contributed by atoms with E-state index in [0.29, 0.717) is 19.4 Å². The molecule has 0 radical (unpaired) electrons. The highest BCUT2D eigenvalue weighted by Gasteiger charge is 2.40. The highest BCUT2D eigenvalue weighted by Crippen LogP contribution is 2.32. The van der Waals surface area contributed by atoms with Crippen LogP contribution >= 0.6 is 0 Å². The monoisotopic (exact) mass is 629 g/mol. The molecule has 3 atom stereocenters. The first-order valence-electron chi connectivity index (χ1n) is 15.6. The van der Waals surface area contributed by atoms with Gasteiger partial charge in [0, 0.05) is 26.8 Å². The van der Waals surface area contributed by atoms with Gasteiger partial charge in [-0.3, -0.25) is 4.79 Å². The van der Waals surface area contributed by atoms with E-state index in [-0.39, 0.29) is 20.0 Å². The van der Waals surface area contributed by atoms with E-state index in [4.69, 9.17) is 23.7 Å². The van der Waals surface area contributed by atoms with Gasteiger partial charge in [0.1, 0.15) is 0 Å². The fourth-order valence-electron chi connectivity index (χ4n) is 5.06. The Morgan fingerprint density at radius 2 is 1.47 bits per heavy atom. The van der Waals surface area contributed by atoms with Gasteiger partial charge >= 0.3 is 11.9 Å². The van der Waals surface area contributed by atoms with E-state index >= 15 is 0 Å². The van der Waals surface area contributed by atoms with Crippen LogP contribution in [0, 0.1) is 13.8 Å². The van der Waals surface area contributed by atoms with Crippen molar-refractivity contribution in [3.63, 3.8) is 0 Å². The Bertz CT molecular complexity index is 1270. The molecule has 0 aliphatic carbocycles. The van der Waals surface area contributed by atoms with Crippen molar-refractivity contribution in [1.29, 1.82) is 0 Å². The molecule has 3 unspecified atom stereocenters. The number of amides is 1. The Morgan fingerprint density at radius 1 is 0.800 bits per heavy atom. The van der Waals surface area contributed by atoms with Gasteiger partial charge in [0.2, 0.25) is 6.79 Å². The number of carbonyl (C=O) groups is 3. The van der Waals surface area contributed by atoms with Gasteiger partial charge in [-0.05, 0) is 93.7 Å². The molecular formula is C34H47NO10. The number of ether oxygens (including phenoxy) is 5. The first-order chi connectivity index (χ1) is 21.6. The molecule has 0 fully saturated rings. The molecule has 3 rings (SSSR count). The topological polar surface area (TPSA) is 141 Å². The highest BCUT2D eigenvalue weighted by molar-refractivity contribution is 5.88. The summed E-state index contributed by atoms with van der Waals surface area (Å²) in [7, 11) is 1.58. The lowest BCUT2D eigenvalue weighted by atomic mass is 10.0. The predicted octanol–water partition coefficient (Wildman–Crippen LogP) is 4.92. The number of benzene rings is 2. The fourth-order valence-corrected chi connectivity index (χ4v) is 5.06. The van der Waals surface area contributed by atoms with Crippen LogP contribution in [-0.2, 0) is 41.4 Å². The zero-order valence-electron chi connectivity index (χ0n) is 26.8. The van der Waals surface area contributed by atoms with Crippen LogP contribution in [-0.4, -0.2) is 85.1 Å². The Labute approximate surface area is 265 Å². The SMILES string of the molecule is CCOC(OC(C(=O)O)C(OCCCCCc1ccc(C)c(C)c1)C(=O)N(C)CCCCCc1ccc2c(c1)OCO2)C(=O)O. The van der Waals surface area contributed by atoms with Crippen LogP contribution in [0.2, 0.25) is 0 Å². The summed E-state index contributed by atoms with van der Waals surface area (Å²) >= 11 is 0. The number of hydrogen-bond acceptors (Lipinski definition) is 8. The van der Waals surface area contributed by atoms with E-state index in [1.807, 2.05) is 18.2 Å². The molecule has 1 amide bonds. The Morgan fingerprint density at radius 3 is 2.13 bits per heavy atom. The van der Waals surface area contributed by atoms with Gasteiger partial charge in [0.15, 0.2) is 23.7 Å². The molecule has 1 aliphatic rings. The fraction of sp³-hybridized carbons (Fsp3) is 0.559. The van der Waals surface area contributed by atoms with E-state index in [0.717, 1.165) is 55.6 Å². The number of carboxylic acid groups (broad SMARTS) is 2. The molecule has 0 saturated carbocycles. The molecule has 248 valence electrons. The molecule has 1 aliphatic heterocycles. The summed E-state index contributed by atoms with van der Waals surface area (Å²) in [5.41, 5.74) is 4.88. The van der Waals surface area contributed by atoms with Crippen molar-refractivity contribution in [3.8, 4) is 11.5 Å². The summed E-state index contributed by atoms with van der Waals surface area (Å²) in [6, 6.07) is 12.3. The lowest BCUT2D eigenvalue weighted by molar-refractivity contribution is -0.220. The molecule has 45 heavy (non-hydrogen) atoms. The molecule has 11 heteroatoms. The molecular weight excluding hydrogens is 582 g/mol. The maximum atomic E-state index is 13.5. The number of aryl methyl sites for hydroxylation is 4. The minimum absolute atomic E-state index is 0.0184. The Balaban J connectivity index is 1.54. The smallest absolute Gasteiger partial charge is 0.361 e. The van der Waals surface area contributed by atoms with Gasteiger partial charge in [-0.15, -0.1) is 0 Å². The minimum Gasteiger partial charge on any atom is -0.479 e. The first kappa shape index (κ1) is 35.8. The zero-order valence-corrected chi connectivity index (χ0v) is 26.8. The Hall–Kier alpha value is -3.67. The molecule has 2 aromatic rings. The summed E-state index contributed by atoms with van der Waals surface area (Å²) < 4.78 is 27.0. The van der Waals surface area contributed by atoms with Crippen molar-refractivity contribution >= 4 is 17.8 Å². The summed E-state index contributed by atoms with van der Waals surface area (Å²) in [5.74, 6) is -2.10. The number of carboxylic acids is 2. The van der Waals surface area contributed by atoms with Crippen LogP contribution < -0.4 is 9.47 Å². The first-order valence-corrected chi connectivity index (χ1v) is 15.6. The zero-order chi connectivity index (χ0) is 32.8. The number of nitrogens with zero attached hydrogens (tertiary/aromatic N) is 1. The van der Waals surface area contributed by atoms with Gasteiger partial charge in [0.25, 0.3) is 12.2 Å². The predicted molar refractivity (Wildman–Crippen MR) is 167 cm³/mol. The third-order valence-corrected chi connectivity index (χ3v) is 7.80. The standard InChI is InChI=1S/C34H47NO10/c1-5-41-34(33(39)40)45-30(32(37)38)29(42-19-11-7-9-12-25-15-14-23(2)24(3)20-25)31(36)35(4)18-10-6-8-13-26-16-17-27-28(21-26)44-22-43-27/h14-17,20-21,29-30,34H,5-13,18-19,22H2,1-4H3,(H,37,38)(H,39,40). The maximum Gasteiger partial charge on any atom is 0.361 e. The van der Waals surface area contributed by atoms with Gasteiger partial charge in [-0.1, -0.05) is 37.1 Å². The lowest BCUT2D eigenvalue weighted by Crippen LogP contribution is -2.51. The number of rotatable bonds is 21. The molecule has 0 saturated heterocycles. The second-order valence-electron chi connectivity index (χ2n) is 11.3. The number of hydrogen-bond donors (Lipinski definition) is 2. The van der Waals surface area contributed by atoms with E-state index in [1.54, 1.807) is 14.0 Å². The number of unbranched alkanes of at least 4 members (excludes halogenated alkanes) is 4. The van der Waals surface area contributed by atoms with Crippen LogP contribution in [0.5, 0.6) is 11.5 Å². The number of likely N-dealkylation sites (N-methyl/N-ethyl adjacent to an activating group) is 1. The van der Waals surface area contributed by atoms with Crippen LogP contribution in [0.1, 0.15) is 67.7 Å². The molecule has 0 aromatic heterocycles. The average Bonchev–Trinajstić information content (AvgIpc) is 3.48. The molecule has 1 heterocycles. The molecule has 2 aromatic carbocycles. The summed E-state index contributed by atoms with van der Waals surface area (Å²) in [6.45, 7) is 6.43. The normalized spacial score (nSPS) is 14.1. The summed E-state index contributed by atoms with van der Waals surface area (Å²) in [6.07, 6.45) is 1.20. The second-order valence-corrected chi connectivity index (χ2v) is 11.3.